The van der Waals surface area contributed by atoms with E-state index in [9.17, 15) is 0 Å². The zero-order valence-corrected chi connectivity index (χ0v) is 97.8. The van der Waals surface area contributed by atoms with E-state index in [0.717, 1.165) is 92.3 Å². The Morgan fingerprint density at radius 3 is 0.721 bits per heavy atom. The molecule has 0 bridgehead atoms. The smallest absolute Gasteiger partial charge is 0.0500 e. The second-order valence-corrected chi connectivity index (χ2v) is 25.8. The second kappa shape index (κ2) is 97.7. The van der Waals surface area contributed by atoms with E-state index in [1.54, 1.807) is 0 Å². The van der Waals surface area contributed by atoms with Crippen LogP contribution < -0.4 is 0 Å². The van der Waals surface area contributed by atoms with Gasteiger partial charge in [-0.05, 0) is 156 Å². The maximum atomic E-state index is 3.47. The van der Waals surface area contributed by atoms with Gasteiger partial charge in [0, 0.05) is 118 Å². The third-order valence-corrected chi connectivity index (χ3v) is 16.6. The molecule has 6 nitrogen and oxygen atoms in total. The Balaban J connectivity index is -0.000000180. The van der Waals surface area contributed by atoms with Gasteiger partial charge >= 0.3 is 0 Å². The molecule has 0 saturated carbocycles. The van der Waals surface area contributed by atoms with Crippen molar-refractivity contribution in [2.75, 3.05) is 83.4 Å². The van der Waals surface area contributed by atoms with Gasteiger partial charge in [0.1, 0.15) is 0 Å². The molecule has 9 heteroatoms. The van der Waals surface area contributed by atoms with Crippen molar-refractivity contribution in [3.63, 3.8) is 0 Å². The van der Waals surface area contributed by atoms with Crippen LogP contribution in [0.15, 0.2) is 273 Å². The van der Waals surface area contributed by atoms with E-state index in [4.69, 9.17) is 0 Å². The summed E-state index contributed by atoms with van der Waals surface area (Å²) >= 11 is 0. The second-order valence-electron chi connectivity index (χ2n) is 25.8. The Morgan fingerprint density at radius 2 is 0.450 bits per heavy atom. The molecule has 0 saturated heterocycles. The molecule has 0 fully saturated rings. The van der Waals surface area contributed by atoms with Gasteiger partial charge in [-0.1, -0.05) is 353 Å². The van der Waals surface area contributed by atoms with Gasteiger partial charge in [-0.15, -0.1) is 53.1 Å². The van der Waals surface area contributed by atoms with Crippen molar-refractivity contribution in [3.8, 4) is 66.8 Å². The van der Waals surface area contributed by atoms with Crippen molar-refractivity contribution in [2.45, 2.75) is 247 Å². The summed E-state index contributed by atoms with van der Waals surface area (Å²) in [5.74, 6) is 0. The van der Waals surface area contributed by atoms with Crippen molar-refractivity contribution in [3.05, 3.63) is 359 Å². The fourth-order valence-corrected chi connectivity index (χ4v) is 12.7. The molecule has 12 aromatic rings. The average Bonchev–Trinajstić information content (AvgIpc) is 1.65. The fourth-order valence-electron chi connectivity index (χ4n) is 12.7. The molecule has 129 heavy (non-hydrogen) atoms. The van der Waals surface area contributed by atoms with Crippen molar-refractivity contribution >= 4 is 0 Å². The van der Waals surface area contributed by atoms with Gasteiger partial charge < -0.3 is 0 Å². The van der Waals surface area contributed by atoms with Crippen LogP contribution in [-0.4, -0.2) is 113 Å². The van der Waals surface area contributed by atoms with Crippen molar-refractivity contribution < 1.29 is 98.1 Å². The summed E-state index contributed by atoms with van der Waals surface area (Å²) in [6.45, 7) is 65.6. The predicted molar refractivity (Wildman–Crippen MR) is 573 cm³/mol. The SMILES string of the molecule is CC.CC.CC.CC.CC.CC.CC.CC.CC.CC.CC.CC.CC.CC.CC.CN(C)CN(C)Cc1[c-]c(-c2[c-]cccc2)ccc1.CN(C)CN(C)Cc1c[c-]c(-c2[c-]cccc2)cc1.CN(C)CN(C)Cc1cc[c-]c(-c2[c-]cccc2)c1.[Y].[Y].[Y].c1ccc2c(c1)Cc1ccccc1-2.c1ccc2c(c1)Cc1ccccc1-2.c1ccc2c(c1)Cc1ccccc1-2. The van der Waals surface area contributed by atoms with Crippen molar-refractivity contribution in [1.29, 1.82) is 0 Å². The third kappa shape index (κ3) is 57.8. The van der Waals surface area contributed by atoms with Crippen LogP contribution in [0.4, 0.5) is 0 Å². The molecule has 0 atom stereocenters. The summed E-state index contributed by atoms with van der Waals surface area (Å²) in [7, 11) is 18.9. The average molecular weight is 1970 g/mol. The topological polar surface area (TPSA) is 19.4 Å². The quantitative estimate of drug-likeness (QED) is 0.0747. The molecule has 705 valence electrons. The summed E-state index contributed by atoms with van der Waals surface area (Å²) in [6, 6.07) is 115. The first-order valence-corrected chi connectivity index (χ1v) is 48.2. The van der Waals surface area contributed by atoms with Gasteiger partial charge in [0.2, 0.25) is 0 Å². The predicted octanol–water partition coefficient (Wildman–Crippen LogP) is 33.9. The maximum Gasteiger partial charge on any atom is 0.0500 e. The van der Waals surface area contributed by atoms with Crippen LogP contribution in [0.3, 0.4) is 0 Å². The Morgan fingerprint density at radius 1 is 0.209 bits per heavy atom. The minimum atomic E-state index is 0. The molecule has 3 aliphatic rings. The maximum absolute atomic E-state index is 3.47. The zero-order valence-electron chi connectivity index (χ0n) is 89.3. The number of hydrogen-bond acceptors (Lipinski definition) is 6. The van der Waals surface area contributed by atoms with Gasteiger partial charge in [0.15, 0.2) is 0 Å². The third-order valence-electron chi connectivity index (χ3n) is 16.6. The summed E-state index contributed by atoms with van der Waals surface area (Å²) in [5, 5.41) is 0. The number of benzene rings is 12. The molecule has 0 N–H and O–H groups in total. The Hall–Kier alpha value is -6.29. The zero-order chi connectivity index (χ0) is 97.0. The standard InChI is InChI=1S/3C17H20N2.3C13H10.15C2H6.3Y/c2*1-18(2)14-19(3)13-15-8-7-11-17(12-15)16-9-5-4-6-10-16;1-18(2)14-19(3)13-15-9-11-17(12-10-15)16-7-5-4-6-8-16;3*1-3-7-12-10(5-1)9-11-6-2-4-8-13(11)12;15*1-2;;;/h4-9,12H,13-14H2,1-3H3;4-9,11H,13-14H2,1-3H3;4-7,9-11H,13-14H2,1-3H3;3*1-8H,9H2;15*1-2H3;;;/q3*-2;;;;;;;;;;;;;;;;;;;;;. The van der Waals surface area contributed by atoms with Crippen LogP contribution in [0.5, 0.6) is 0 Å². The van der Waals surface area contributed by atoms with Crippen LogP contribution in [0, 0.1) is 36.4 Å². The van der Waals surface area contributed by atoms with Crippen LogP contribution in [0.2, 0.25) is 0 Å². The first-order valence-electron chi connectivity index (χ1n) is 48.2. The van der Waals surface area contributed by atoms with Gasteiger partial charge in [-0.25, -0.2) is 33.4 Å². The van der Waals surface area contributed by atoms with E-state index < -0.39 is 0 Å². The molecule has 0 heterocycles. The molecule has 0 aromatic heterocycles. The molecule has 0 spiro atoms. The summed E-state index contributed by atoms with van der Waals surface area (Å²) < 4.78 is 0. The van der Waals surface area contributed by atoms with Crippen molar-refractivity contribution in [2.24, 2.45) is 0 Å². The van der Waals surface area contributed by atoms with Gasteiger partial charge in [0.25, 0.3) is 0 Å². The molecular weight excluding hydrogens is 1790 g/mol. The fraction of sp³-hybridized carbons (Fsp3) is 0.400. The summed E-state index contributed by atoms with van der Waals surface area (Å²) in [5.41, 5.74) is 27.6. The molecule has 3 aliphatic carbocycles. The Labute approximate surface area is 874 Å². The van der Waals surface area contributed by atoms with E-state index in [1.807, 2.05) is 268 Å². The van der Waals surface area contributed by atoms with Crippen LogP contribution in [0.1, 0.15) is 258 Å². The summed E-state index contributed by atoms with van der Waals surface area (Å²) in [4.78, 5) is 13.3. The molecule has 3 radical (unpaired) electrons. The van der Waals surface area contributed by atoms with Crippen LogP contribution in [-0.2, 0) is 137 Å². The van der Waals surface area contributed by atoms with E-state index in [2.05, 4.69) is 342 Å². The molecular formula is C120H180N6Y3-6. The first-order chi connectivity index (χ1) is 61.8. The normalized spacial score (nSPS) is 9.37. The molecule has 15 rings (SSSR count). The van der Waals surface area contributed by atoms with E-state index >= 15 is 0 Å². The monoisotopic (exact) mass is 1970 g/mol. The molecule has 12 aromatic carbocycles. The van der Waals surface area contributed by atoms with Gasteiger partial charge in [0.05, 0.1) is 13.3 Å². The Bertz CT molecular complexity index is 3900. The number of rotatable bonds is 15. The number of nitrogens with zero attached hydrogens (tertiary/aromatic N) is 6. The number of hydrogen-bond donors (Lipinski definition) is 0. The number of fused-ring (bicyclic) bond motifs is 9. The van der Waals surface area contributed by atoms with Gasteiger partial charge in [-0.2, -0.15) is 127 Å². The van der Waals surface area contributed by atoms with Gasteiger partial charge in [-0.3, -0.25) is 29.4 Å². The van der Waals surface area contributed by atoms with E-state index in [0.29, 0.717) is 0 Å². The molecule has 0 amide bonds. The van der Waals surface area contributed by atoms with Crippen molar-refractivity contribution in [1.82, 2.24) is 29.4 Å². The van der Waals surface area contributed by atoms with E-state index in [1.165, 1.54) is 83.5 Å². The molecule has 0 aliphatic heterocycles. The minimum absolute atomic E-state index is 0. The van der Waals surface area contributed by atoms with Crippen LogP contribution in [0.25, 0.3) is 66.8 Å². The largest absolute Gasteiger partial charge is 0.298 e. The van der Waals surface area contributed by atoms with E-state index in [-0.39, 0.29) is 98.1 Å². The first kappa shape index (κ1) is 141. The Kier molecular flexibility index (Phi) is 107. The minimum Gasteiger partial charge on any atom is -0.298 e. The molecule has 0 unspecified atom stereocenters. The summed E-state index contributed by atoms with van der Waals surface area (Å²) in [6.07, 6.45) is 3.31. The van der Waals surface area contributed by atoms with Crippen LogP contribution >= 0.6 is 0 Å².